The number of hydrogen-bond donors (Lipinski definition) is 2. The van der Waals surface area contributed by atoms with E-state index in [1.807, 2.05) is 0 Å². The third kappa shape index (κ3) is 5.53. The minimum absolute atomic E-state index is 0.0260. The van der Waals surface area contributed by atoms with Gasteiger partial charge in [0.05, 0.1) is 4.92 Å². The maximum atomic E-state index is 13.0. The topological polar surface area (TPSA) is 105 Å². The van der Waals surface area contributed by atoms with Gasteiger partial charge in [0.25, 0.3) is 11.6 Å². The highest BCUT2D eigenvalue weighted by Crippen LogP contribution is 2.19. The van der Waals surface area contributed by atoms with E-state index in [1.54, 1.807) is 17.0 Å². The normalized spacial score (nSPS) is 14.2. The lowest BCUT2D eigenvalue weighted by Gasteiger charge is -2.31. The van der Waals surface area contributed by atoms with E-state index in [2.05, 4.69) is 10.6 Å². The lowest BCUT2D eigenvalue weighted by molar-refractivity contribution is -0.384. The Bertz CT molecular complexity index is 894. The zero-order chi connectivity index (χ0) is 21.5. The Kier molecular flexibility index (Phi) is 6.95. The number of benzene rings is 2. The summed E-state index contributed by atoms with van der Waals surface area (Å²) in [4.78, 5) is 36.7. The van der Waals surface area contributed by atoms with Crippen LogP contribution in [0.25, 0.3) is 0 Å². The largest absolute Gasteiger partial charge is 0.383 e. The van der Waals surface area contributed by atoms with Crippen molar-refractivity contribution < 1.29 is 18.9 Å². The first-order valence-electron chi connectivity index (χ1n) is 9.75. The van der Waals surface area contributed by atoms with Crippen LogP contribution in [0.2, 0.25) is 0 Å². The molecule has 1 aliphatic heterocycles. The second-order valence-electron chi connectivity index (χ2n) is 7.10. The number of nitrogens with zero attached hydrogens (tertiary/aromatic N) is 2. The molecule has 1 fully saturated rings. The fourth-order valence-electron chi connectivity index (χ4n) is 3.36. The van der Waals surface area contributed by atoms with Crippen LogP contribution >= 0.6 is 0 Å². The van der Waals surface area contributed by atoms with Crippen molar-refractivity contribution in [1.82, 2.24) is 10.2 Å². The molecule has 2 aromatic carbocycles. The van der Waals surface area contributed by atoms with Gasteiger partial charge in [0, 0.05) is 55.5 Å². The van der Waals surface area contributed by atoms with Crippen molar-refractivity contribution in [2.45, 2.75) is 12.8 Å². The van der Waals surface area contributed by atoms with E-state index in [0.717, 1.165) is 5.69 Å². The standard InChI is InChI=1S/C21H23FN4O4/c22-17-3-1-16(2-4-17)21(28)25-13-9-15(10-14-25)20(27)24-12-11-23-18-5-7-19(8-6-18)26(29)30/h1-8,15,23H,9-14H2,(H,24,27). The van der Waals surface area contributed by atoms with E-state index < -0.39 is 4.92 Å². The third-order valence-electron chi connectivity index (χ3n) is 5.08. The van der Waals surface area contributed by atoms with Gasteiger partial charge in [-0.3, -0.25) is 19.7 Å². The van der Waals surface area contributed by atoms with Crippen LogP contribution in [-0.2, 0) is 4.79 Å². The number of piperidine rings is 1. The van der Waals surface area contributed by atoms with Crippen molar-refractivity contribution >= 4 is 23.2 Å². The summed E-state index contributed by atoms with van der Waals surface area (Å²) in [5, 5.41) is 16.6. The molecule has 3 rings (SSSR count). The summed E-state index contributed by atoms with van der Waals surface area (Å²) < 4.78 is 13.0. The van der Waals surface area contributed by atoms with Gasteiger partial charge in [-0.2, -0.15) is 0 Å². The van der Waals surface area contributed by atoms with Crippen LogP contribution < -0.4 is 10.6 Å². The minimum Gasteiger partial charge on any atom is -0.383 e. The molecule has 158 valence electrons. The number of carbonyl (C=O) groups excluding carboxylic acids is 2. The smallest absolute Gasteiger partial charge is 0.269 e. The number of halogens is 1. The number of amides is 2. The van der Waals surface area contributed by atoms with E-state index >= 15 is 0 Å². The van der Waals surface area contributed by atoms with E-state index in [4.69, 9.17) is 0 Å². The molecule has 2 N–H and O–H groups in total. The average molecular weight is 414 g/mol. The number of nitrogens with one attached hydrogen (secondary N) is 2. The molecule has 0 unspecified atom stereocenters. The quantitative estimate of drug-likeness (QED) is 0.412. The molecule has 0 radical (unpaired) electrons. The highest BCUT2D eigenvalue weighted by atomic mass is 19.1. The zero-order valence-corrected chi connectivity index (χ0v) is 16.3. The molecule has 0 spiro atoms. The lowest BCUT2D eigenvalue weighted by atomic mass is 9.95. The molecular weight excluding hydrogens is 391 g/mol. The second-order valence-corrected chi connectivity index (χ2v) is 7.10. The molecule has 0 atom stereocenters. The average Bonchev–Trinajstić information content (AvgIpc) is 2.77. The molecule has 8 nitrogen and oxygen atoms in total. The van der Waals surface area contributed by atoms with E-state index in [9.17, 15) is 24.1 Å². The number of anilines is 1. The van der Waals surface area contributed by atoms with Crippen LogP contribution in [0.1, 0.15) is 23.2 Å². The number of carbonyl (C=O) groups is 2. The Balaban J connectivity index is 1.37. The Hall–Kier alpha value is -3.49. The fourth-order valence-corrected chi connectivity index (χ4v) is 3.36. The summed E-state index contributed by atoms with van der Waals surface area (Å²) in [7, 11) is 0. The highest BCUT2D eigenvalue weighted by Gasteiger charge is 2.27. The van der Waals surface area contributed by atoms with Crippen LogP contribution in [0.15, 0.2) is 48.5 Å². The van der Waals surface area contributed by atoms with Gasteiger partial charge in [0.2, 0.25) is 5.91 Å². The molecule has 0 saturated carbocycles. The number of likely N-dealkylation sites (tertiary alicyclic amines) is 1. The van der Waals surface area contributed by atoms with Crippen LogP contribution in [-0.4, -0.2) is 47.8 Å². The predicted molar refractivity (Wildman–Crippen MR) is 110 cm³/mol. The Morgan fingerprint density at radius 3 is 2.27 bits per heavy atom. The van der Waals surface area contributed by atoms with Crippen molar-refractivity contribution in [2.75, 3.05) is 31.5 Å². The molecule has 1 aliphatic rings. The van der Waals surface area contributed by atoms with Gasteiger partial charge in [0.15, 0.2) is 0 Å². The number of nitro benzene ring substituents is 1. The first-order valence-corrected chi connectivity index (χ1v) is 9.75. The van der Waals surface area contributed by atoms with Crippen LogP contribution in [0.4, 0.5) is 15.8 Å². The fraction of sp³-hybridized carbons (Fsp3) is 0.333. The molecule has 2 aromatic rings. The Morgan fingerprint density at radius 2 is 1.67 bits per heavy atom. The zero-order valence-electron chi connectivity index (χ0n) is 16.3. The van der Waals surface area contributed by atoms with Crippen molar-refractivity contribution in [3.63, 3.8) is 0 Å². The van der Waals surface area contributed by atoms with Crippen molar-refractivity contribution in [2.24, 2.45) is 5.92 Å². The maximum absolute atomic E-state index is 13.0. The van der Waals surface area contributed by atoms with E-state index in [0.29, 0.717) is 44.6 Å². The molecule has 1 heterocycles. The van der Waals surface area contributed by atoms with Crippen LogP contribution in [0.5, 0.6) is 0 Å². The van der Waals surface area contributed by atoms with Gasteiger partial charge < -0.3 is 15.5 Å². The highest BCUT2D eigenvalue weighted by molar-refractivity contribution is 5.94. The summed E-state index contributed by atoms with van der Waals surface area (Å²) in [6.07, 6.45) is 1.16. The number of rotatable bonds is 7. The van der Waals surface area contributed by atoms with E-state index in [1.165, 1.54) is 36.4 Å². The summed E-state index contributed by atoms with van der Waals surface area (Å²) in [6, 6.07) is 11.5. The van der Waals surface area contributed by atoms with Gasteiger partial charge in [-0.1, -0.05) is 0 Å². The van der Waals surface area contributed by atoms with Gasteiger partial charge >= 0.3 is 0 Å². The first kappa shape index (κ1) is 21.2. The molecule has 9 heteroatoms. The number of non-ortho nitro benzene ring substituents is 1. The van der Waals surface area contributed by atoms with Crippen molar-refractivity contribution in [1.29, 1.82) is 0 Å². The minimum atomic E-state index is -0.456. The SMILES string of the molecule is O=C(NCCNc1ccc([N+](=O)[O-])cc1)C1CCN(C(=O)c2ccc(F)cc2)CC1. The maximum Gasteiger partial charge on any atom is 0.269 e. The second kappa shape index (κ2) is 9.82. The van der Waals surface area contributed by atoms with Gasteiger partial charge in [-0.05, 0) is 49.2 Å². The van der Waals surface area contributed by atoms with Crippen molar-refractivity contribution in [3.8, 4) is 0 Å². The summed E-state index contributed by atoms with van der Waals surface area (Å²) >= 11 is 0. The van der Waals surface area contributed by atoms with Crippen LogP contribution in [0.3, 0.4) is 0 Å². The van der Waals surface area contributed by atoms with Gasteiger partial charge in [-0.15, -0.1) is 0 Å². The molecule has 2 amide bonds. The van der Waals surface area contributed by atoms with Crippen LogP contribution in [0, 0.1) is 21.8 Å². The molecule has 0 aromatic heterocycles. The molecule has 0 bridgehead atoms. The lowest BCUT2D eigenvalue weighted by Crippen LogP contribution is -2.43. The first-order chi connectivity index (χ1) is 14.4. The third-order valence-corrected chi connectivity index (χ3v) is 5.08. The molecule has 1 saturated heterocycles. The van der Waals surface area contributed by atoms with Gasteiger partial charge in [0.1, 0.15) is 5.82 Å². The Morgan fingerprint density at radius 1 is 1.03 bits per heavy atom. The monoisotopic (exact) mass is 414 g/mol. The van der Waals surface area contributed by atoms with E-state index in [-0.39, 0.29) is 29.2 Å². The Labute approximate surface area is 173 Å². The van der Waals surface area contributed by atoms with Crippen molar-refractivity contribution in [3.05, 3.63) is 70.0 Å². The molecule has 0 aliphatic carbocycles. The van der Waals surface area contributed by atoms with Gasteiger partial charge in [-0.25, -0.2) is 4.39 Å². The number of hydrogen-bond acceptors (Lipinski definition) is 5. The summed E-state index contributed by atoms with van der Waals surface area (Å²) in [6.45, 7) is 1.88. The predicted octanol–water partition coefficient (Wildman–Crippen LogP) is 2.81. The summed E-state index contributed by atoms with van der Waals surface area (Å²) in [5.41, 5.74) is 1.21. The number of nitro groups is 1. The molecular formula is C21H23FN4O4. The molecule has 30 heavy (non-hydrogen) atoms. The summed E-state index contributed by atoms with van der Waals surface area (Å²) in [5.74, 6) is -0.734.